The predicted octanol–water partition coefficient (Wildman–Crippen LogP) is 3.09. The Bertz CT molecular complexity index is 637. The summed E-state index contributed by atoms with van der Waals surface area (Å²) in [5.41, 5.74) is 0.711. The zero-order valence-electron chi connectivity index (χ0n) is 16.5. The van der Waals surface area contributed by atoms with E-state index >= 15 is 0 Å². The van der Waals surface area contributed by atoms with Crippen LogP contribution in [-0.2, 0) is 9.59 Å². The van der Waals surface area contributed by atoms with Gasteiger partial charge in [-0.15, -0.1) is 12.4 Å². The molecule has 0 aliphatic carbocycles. The fraction of sp³-hybridized carbons (Fsp3) is 0.636. The molecular weight excluding hydrogens is 374 g/mol. The number of anilines is 1. The fourth-order valence-electron chi connectivity index (χ4n) is 5.08. The van der Waals surface area contributed by atoms with E-state index in [2.05, 4.69) is 10.2 Å². The number of para-hydroxylation sites is 1. The number of likely N-dealkylation sites (tertiary alicyclic amines) is 1. The van der Waals surface area contributed by atoms with Crippen molar-refractivity contribution in [3.8, 4) is 0 Å². The van der Waals surface area contributed by atoms with Crippen molar-refractivity contribution in [1.82, 2.24) is 10.2 Å². The Morgan fingerprint density at radius 1 is 0.857 bits per heavy atom. The van der Waals surface area contributed by atoms with Crippen molar-refractivity contribution in [2.24, 2.45) is 17.8 Å². The minimum atomic E-state index is -0.0282. The molecule has 2 amide bonds. The van der Waals surface area contributed by atoms with Crippen LogP contribution in [0.2, 0.25) is 0 Å². The number of amides is 2. The van der Waals surface area contributed by atoms with Crippen LogP contribution in [-0.4, -0.2) is 49.4 Å². The minimum absolute atomic E-state index is 0. The van der Waals surface area contributed by atoms with Crippen LogP contribution in [0.3, 0.4) is 0 Å². The Kier molecular flexibility index (Phi) is 7.49. The van der Waals surface area contributed by atoms with Crippen molar-refractivity contribution in [3.63, 3.8) is 0 Å². The number of carbonyl (C=O) groups excluding carboxylic acids is 2. The molecule has 4 rings (SSSR count). The summed E-state index contributed by atoms with van der Waals surface area (Å²) < 4.78 is 0. The van der Waals surface area contributed by atoms with Crippen LogP contribution in [0, 0.1) is 17.8 Å². The smallest absolute Gasteiger partial charge is 0.234 e. The Hall–Kier alpha value is -1.43. The van der Waals surface area contributed by atoms with Crippen LogP contribution in [0.5, 0.6) is 0 Å². The van der Waals surface area contributed by atoms with E-state index in [1.54, 1.807) is 0 Å². The second-order valence-corrected chi connectivity index (χ2v) is 8.46. The topological polar surface area (TPSA) is 52.7 Å². The molecule has 0 unspecified atom stereocenters. The van der Waals surface area contributed by atoms with Gasteiger partial charge in [0.2, 0.25) is 11.8 Å². The molecule has 0 atom stereocenters. The van der Waals surface area contributed by atoms with Crippen LogP contribution < -0.4 is 10.2 Å². The van der Waals surface area contributed by atoms with Gasteiger partial charge in [-0.3, -0.25) is 14.5 Å². The van der Waals surface area contributed by atoms with Crippen molar-refractivity contribution < 1.29 is 9.59 Å². The standard InChI is InChI=1S/C22H31N3O2.ClH/c26-21-14-19(15-22(27)25(21)20-4-2-1-3-5-20)18-8-12-24(13-9-18)16-17-6-10-23-11-7-17;/h1-5,17-19,23H,6-16H2;1H. The molecule has 0 spiro atoms. The molecule has 3 fully saturated rings. The average Bonchev–Trinajstić information content (AvgIpc) is 2.70. The molecule has 3 aliphatic heterocycles. The third-order valence-electron chi connectivity index (χ3n) is 6.66. The summed E-state index contributed by atoms with van der Waals surface area (Å²) in [6, 6.07) is 9.34. The van der Waals surface area contributed by atoms with Gasteiger partial charge in [-0.25, -0.2) is 0 Å². The Morgan fingerprint density at radius 3 is 2.07 bits per heavy atom. The van der Waals surface area contributed by atoms with Crippen LogP contribution in [0.15, 0.2) is 30.3 Å². The normalized spacial score (nSPS) is 23.6. The average molecular weight is 406 g/mol. The molecule has 0 bridgehead atoms. The van der Waals surface area contributed by atoms with Gasteiger partial charge in [-0.1, -0.05) is 18.2 Å². The summed E-state index contributed by atoms with van der Waals surface area (Å²) in [7, 11) is 0. The quantitative estimate of drug-likeness (QED) is 0.782. The summed E-state index contributed by atoms with van der Waals surface area (Å²) in [6.45, 7) is 5.78. The lowest BCUT2D eigenvalue weighted by atomic mass is 9.78. The SMILES string of the molecule is Cl.O=C1CC(C2CCN(CC3CCNCC3)CC2)CC(=O)N1c1ccccc1. The van der Waals surface area contributed by atoms with E-state index in [0.717, 1.165) is 44.9 Å². The number of nitrogens with one attached hydrogen (secondary N) is 1. The Labute approximate surface area is 174 Å². The summed E-state index contributed by atoms with van der Waals surface area (Å²) in [4.78, 5) is 29.3. The van der Waals surface area contributed by atoms with E-state index in [-0.39, 0.29) is 30.1 Å². The maximum Gasteiger partial charge on any atom is 0.234 e. The minimum Gasteiger partial charge on any atom is -0.317 e. The van der Waals surface area contributed by atoms with Crippen LogP contribution in [0.25, 0.3) is 0 Å². The van der Waals surface area contributed by atoms with Crippen LogP contribution in [0.1, 0.15) is 38.5 Å². The van der Waals surface area contributed by atoms with E-state index in [9.17, 15) is 9.59 Å². The van der Waals surface area contributed by atoms with Gasteiger partial charge < -0.3 is 10.2 Å². The van der Waals surface area contributed by atoms with Crippen molar-refractivity contribution in [2.45, 2.75) is 38.5 Å². The molecule has 1 aromatic carbocycles. The lowest BCUT2D eigenvalue weighted by Gasteiger charge is -2.40. The Balaban J connectivity index is 0.00000225. The largest absolute Gasteiger partial charge is 0.317 e. The van der Waals surface area contributed by atoms with Gasteiger partial charge in [-0.2, -0.15) is 0 Å². The predicted molar refractivity (Wildman–Crippen MR) is 114 cm³/mol. The number of piperidine rings is 3. The lowest BCUT2D eigenvalue weighted by molar-refractivity contribution is -0.131. The molecule has 3 saturated heterocycles. The number of benzene rings is 1. The molecule has 0 radical (unpaired) electrons. The van der Waals surface area contributed by atoms with Gasteiger partial charge in [0.15, 0.2) is 0 Å². The third kappa shape index (κ3) is 4.94. The monoisotopic (exact) mass is 405 g/mol. The maximum absolute atomic E-state index is 12.7. The number of carbonyl (C=O) groups is 2. The molecule has 0 saturated carbocycles. The lowest BCUT2D eigenvalue weighted by Crippen LogP contribution is -2.47. The number of imide groups is 1. The van der Waals surface area contributed by atoms with Gasteiger partial charge in [0.1, 0.15) is 0 Å². The molecule has 3 heterocycles. The van der Waals surface area contributed by atoms with E-state index in [1.165, 1.54) is 24.3 Å². The Morgan fingerprint density at radius 2 is 1.46 bits per heavy atom. The van der Waals surface area contributed by atoms with E-state index in [1.807, 2.05) is 30.3 Å². The van der Waals surface area contributed by atoms with E-state index < -0.39 is 0 Å². The van der Waals surface area contributed by atoms with Crippen molar-refractivity contribution in [2.75, 3.05) is 37.6 Å². The van der Waals surface area contributed by atoms with E-state index in [4.69, 9.17) is 0 Å². The van der Waals surface area contributed by atoms with Gasteiger partial charge >= 0.3 is 0 Å². The number of nitrogens with zero attached hydrogens (tertiary/aromatic N) is 2. The molecular formula is C22H32ClN3O2. The highest BCUT2D eigenvalue weighted by molar-refractivity contribution is 6.16. The molecule has 0 aromatic heterocycles. The number of rotatable bonds is 4. The molecule has 5 nitrogen and oxygen atoms in total. The van der Waals surface area contributed by atoms with Crippen LogP contribution in [0.4, 0.5) is 5.69 Å². The van der Waals surface area contributed by atoms with Crippen molar-refractivity contribution in [1.29, 1.82) is 0 Å². The zero-order chi connectivity index (χ0) is 18.6. The number of halogens is 1. The first-order valence-corrected chi connectivity index (χ1v) is 10.5. The van der Waals surface area contributed by atoms with Crippen molar-refractivity contribution >= 4 is 29.9 Å². The molecule has 1 aromatic rings. The summed E-state index contributed by atoms with van der Waals surface area (Å²) in [6.07, 6.45) is 5.87. The highest BCUT2D eigenvalue weighted by atomic mass is 35.5. The number of hydrogen-bond acceptors (Lipinski definition) is 4. The van der Waals surface area contributed by atoms with Crippen LogP contribution >= 0.6 is 12.4 Å². The van der Waals surface area contributed by atoms with Gasteiger partial charge in [-0.05, 0) is 81.7 Å². The molecule has 3 aliphatic rings. The molecule has 1 N–H and O–H groups in total. The van der Waals surface area contributed by atoms with Gasteiger partial charge in [0.05, 0.1) is 5.69 Å². The molecule has 28 heavy (non-hydrogen) atoms. The van der Waals surface area contributed by atoms with Crippen molar-refractivity contribution in [3.05, 3.63) is 30.3 Å². The molecule has 154 valence electrons. The highest BCUT2D eigenvalue weighted by Crippen LogP contribution is 2.35. The summed E-state index contributed by atoms with van der Waals surface area (Å²) in [5, 5.41) is 3.44. The summed E-state index contributed by atoms with van der Waals surface area (Å²) in [5.74, 6) is 1.52. The first-order chi connectivity index (χ1) is 13.2. The third-order valence-corrected chi connectivity index (χ3v) is 6.66. The van der Waals surface area contributed by atoms with Gasteiger partial charge in [0, 0.05) is 19.4 Å². The summed E-state index contributed by atoms with van der Waals surface area (Å²) >= 11 is 0. The first kappa shape index (κ1) is 21.3. The zero-order valence-corrected chi connectivity index (χ0v) is 17.3. The second kappa shape index (κ2) is 9.86. The fourth-order valence-corrected chi connectivity index (χ4v) is 5.08. The maximum atomic E-state index is 12.7. The second-order valence-electron chi connectivity index (χ2n) is 8.46. The number of hydrogen-bond donors (Lipinski definition) is 1. The first-order valence-electron chi connectivity index (χ1n) is 10.5. The molecule has 6 heteroatoms. The van der Waals surface area contributed by atoms with Gasteiger partial charge in [0.25, 0.3) is 0 Å². The van der Waals surface area contributed by atoms with E-state index in [0.29, 0.717) is 24.4 Å². The highest BCUT2D eigenvalue weighted by Gasteiger charge is 2.38.